The third kappa shape index (κ3) is 11.9. The second-order valence-electron chi connectivity index (χ2n) is 13.4. The number of halogens is 2. The molecule has 0 saturated heterocycles. The Kier molecular flexibility index (Phi) is 15.0. The number of thioether (sulfide) groups is 2. The lowest BCUT2D eigenvalue weighted by molar-refractivity contribution is -0.142. The fourth-order valence-electron chi connectivity index (χ4n) is 6.43. The Morgan fingerprint density at radius 1 is 0.679 bits per heavy atom. The van der Waals surface area contributed by atoms with E-state index < -0.39 is 29.4 Å². The van der Waals surface area contributed by atoms with Crippen LogP contribution in [0.5, 0.6) is 23.3 Å². The number of carboxylic acids is 1. The third-order valence-corrected chi connectivity index (χ3v) is 11.0. The van der Waals surface area contributed by atoms with E-state index >= 15 is 0 Å². The molecule has 2 heterocycles. The Hall–Kier alpha value is -5.22. The van der Waals surface area contributed by atoms with E-state index in [1.54, 1.807) is 35.7 Å². The average Bonchev–Trinajstić information content (AvgIpc) is 3.20. The maximum atomic E-state index is 13.7. The van der Waals surface area contributed by atoms with Crippen LogP contribution in [0, 0.1) is 23.5 Å². The van der Waals surface area contributed by atoms with Crippen molar-refractivity contribution in [1.29, 1.82) is 0 Å². The Balaban J connectivity index is 0.000000214. The highest BCUT2D eigenvalue weighted by atomic mass is 32.2. The zero-order valence-electron chi connectivity index (χ0n) is 30.8. The molecule has 0 unspecified atom stereocenters. The minimum Gasteiger partial charge on any atom is -0.481 e. The highest BCUT2D eigenvalue weighted by molar-refractivity contribution is 7.98. The molecular weight excluding hydrogens is 765 g/mol. The lowest BCUT2D eigenvalue weighted by atomic mass is 9.85. The number of carboxylic acid groups (broad SMARTS) is 1. The molecular formula is C40H43F2N5O7S2. The summed E-state index contributed by atoms with van der Waals surface area (Å²) in [6.45, 7) is 0. The van der Waals surface area contributed by atoms with Crippen LogP contribution in [-0.2, 0) is 9.59 Å². The molecule has 12 nitrogen and oxygen atoms in total. The SMILES string of the molecule is CSc1cccc(Oc2ncc(F)cc2C(=O)NC2CCC(C(=O)O)CC2)c1.CSc1cccc(Oc2ncc(F)cc2C(=O)NC2CCC(C(N)=O)CC2)c1. The van der Waals surface area contributed by atoms with Crippen molar-refractivity contribution in [2.45, 2.75) is 73.2 Å². The van der Waals surface area contributed by atoms with Crippen molar-refractivity contribution >= 4 is 47.2 Å². The van der Waals surface area contributed by atoms with Crippen molar-refractivity contribution in [3.05, 3.63) is 95.8 Å². The fraction of sp³-hybridized carbons (Fsp3) is 0.350. The van der Waals surface area contributed by atoms with E-state index in [1.807, 2.05) is 48.9 Å². The molecule has 2 aromatic carbocycles. The Labute approximate surface area is 331 Å². The molecule has 2 aromatic heterocycles. The number of rotatable bonds is 12. The summed E-state index contributed by atoms with van der Waals surface area (Å²) < 4.78 is 38.9. The third-order valence-electron chi connectivity index (χ3n) is 9.51. The van der Waals surface area contributed by atoms with Gasteiger partial charge >= 0.3 is 5.97 Å². The first-order valence-electron chi connectivity index (χ1n) is 18.0. The number of amides is 3. The number of carbonyl (C=O) groups is 4. The molecule has 56 heavy (non-hydrogen) atoms. The largest absolute Gasteiger partial charge is 0.481 e. The number of pyridine rings is 2. The topological polar surface area (TPSA) is 183 Å². The van der Waals surface area contributed by atoms with Crippen LogP contribution in [0.2, 0.25) is 0 Å². The number of nitrogens with zero attached hydrogens (tertiary/aromatic N) is 2. The molecule has 0 radical (unpaired) electrons. The number of carbonyl (C=O) groups excluding carboxylic acids is 3. The predicted octanol–water partition coefficient (Wildman–Crippen LogP) is 7.62. The van der Waals surface area contributed by atoms with Crippen molar-refractivity contribution in [2.75, 3.05) is 12.5 Å². The molecule has 2 aliphatic rings. The highest BCUT2D eigenvalue weighted by Gasteiger charge is 2.29. The first kappa shape index (κ1) is 41.9. The standard InChI is InChI=1S/C20H22FN3O3S.C20H21FN2O4S/c1-28-16-4-2-3-15(10-16)27-20-17(9-13(21)11-23-20)19(26)24-14-7-5-12(6-8-14)18(22)25;1-28-16-4-2-3-15(10-16)27-19-17(9-13(21)11-22-19)18(24)23-14-7-5-12(6-8-14)20(25)26/h2-4,9-12,14H,5-8H2,1H3,(H2,22,25)(H,24,26);2-4,9-12,14H,5-8H2,1H3,(H,23,24)(H,25,26). The number of aliphatic carboxylic acids is 1. The van der Waals surface area contributed by atoms with Gasteiger partial charge in [-0.3, -0.25) is 19.2 Å². The number of primary amides is 1. The number of hydrogen-bond donors (Lipinski definition) is 4. The lowest BCUT2D eigenvalue weighted by Gasteiger charge is -2.27. The van der Waals surface area contributed by atoms with Gasteiger partial charge in [0.05, 0.1) is 18.3 Å². The first-order chi connectivity index (χ1) is 26.9. The first-order valence-corrected chi connectivity index (χ1v) is 20.5. The molecule has 5 N–H and O–H groups in total. The van der Waals surface area contributed by atoms with Crippen molar-refractivity contribution in [2.24, 2.45) is 17.6 Å². The Morgan fingerprint density at radius 3 is 1.46 bits per heavy atom. The summed E-state index contributed by atoms with van der Waals surface area (Å²) in [7, 11) is 0. The van der Waals surface area contributed by atoms with E-state index in [4.69, 9.17) is 20.3 Å². The Morgan fingerprint density at radius 2 is 1.09 bits per heavy atom. The van der Waals surface area contributed by atoms with E-state index in [1.165, 1.54) is 0 Å². The van der Waals surface area contributed by atoms with E-state index in [2.05, 4.69) is 20.6 Å². The summed E-state index contributed by atoms with van der Waals surface area (Å²) in [6, 6.07) is 16.6. The minimum atomic E-state index is -0.803. The summed E-state index contributed by atoms with van der Waals surface area (Å²) in [5.74, 6) is -2.73. The summed E-state index contributed by atoms with van der Waals surface area (Å²) in [6.07, 6.45) is 10.6. The zero-order valence-corrected chi connectivity index (χ0v) is 32.5. The predicted molar refractivity (Wildman–Crippen MR) is 208 cm³/mol. The van der Waals surface area contributed by atoms with Crippen molar-refractivity contribution in [3.63, 3.8) is 0 Å². The number of benzene rings is 2. The maximum absolute atomic E-state index is 13.7. The van der Waals surface area contributed by atoms with Crippen molar-refractivity contribution in [3.8, 4) is 23.3 Å². The van der Waals surface area contributed by atoms with Gasteiger partial charge in [-0.15, -0.1) is 23.5 Å². The van der Waals surface area contributed by atoms with Gasteiger partial charge < -0.3 is 30.9 Å². The molecule has 0 aliphatic heterocycles. The molecule has 16 heteroatoms. The Bertz CT molecular complexity index is 1880. The van der Waals surface area contributed by atoms with E-state index in [0.717, 1.165) is 34.3 Å². The fourth-order valence-corrected chi connectivity index (χ4v) is 7.32. The summed E-state index contributed by atoms with van der Waals surface area (Å²) in [5, 5.41) is 14.8. The summed E-state index contributed by atoms with van der Waals surface area (Å²) in [5.41, 5.74) is 5.38. The summed E-state index contributed by atoms with van der Waals surface area (Å²) in [4.78, 5) is 57.6. The van der Waals surface area contributed by atoms with E-state index in [0.29, 0.717) is 62.9 Å². The second kappa shape index (κ2) is 20.1. The minimum absolute atomic E-state index is 0.00918. The molecule has 2 aliphatic carbocycles. The smallest absolute Gasteiger partial charge is 0.306 e. The highest BCUT2D eigenvalue weighted by Crippen LogP contribution is 2.31. The van der Waals surface area contributed by atoms with Crippen LogP contribution in [0.1, 0.15) is 72.1 Å². The van der Waals surface area contributed by atoms with Crippen LogP contribution in [0.25, 0.3) is 0 Å². The molecule has 4 aromatic rings. The molecule has 2 fully saturated rings. The second-order valence-corrected chi connectivity index (χ2v) is 15.1. The number of hydrogen-bond acceptors (Lipinski definition) is 10. The van der Waals surface area contributed by atoms with E-state index in [9.17, 15) is 28.0 Å². The van der Waals surface area contributed by atoms with Gasteiger partial charge in [0.15, 0.2) is 0 Å². The van der Waals surface area contributed by atoms with Crippen LogP contribution in [0.4, 0.5) is 8.78 Å². The van der Waals surface area contributed by atoms with Crippen LogP contribution in [0.3, 0.4) is 0 Å². The van der Waals surface area contributed by atoms with Crippen molar-refractivity contribution < 1.29 is 42.5 Å². The number of nitrogens with two attached hydrogens (primary N) is 1. The lowest BCUT2D eigenvalue weighted by Crippen LogP contribution is -2.40. The van der Waals surface area contributed by atoms with Gasteiger partial charge in [0.2, 0.25) is 17.7 Å². The molecule has 296 valence electrons. The van der Waals surface area contributed by atoms with Gasteiger partial charge in [0, 0.05) is 27.8 Å². The number of nitrogens with one attached hydrogen (secondary N) is 2. The van der Waals surface area contributed by atoms with Gasteiger partial charge in [-0.2, -0.15) is 0 Å². The quantitative estimate of drug-likeness (QED) is 0.103. The molecule has 2 saturated carbocycles. The molecule has 6 rings (SSSR count). The van der Waals surface area contributed by atoms with Crippen LogP contribution < -0.4 is 25.8 Å². The van der Waals surface area contributed by atoms with Crippen molar-refractivity contribution in [1.82, 2.24) is 20.6 Å². The van der Waals surface area contributed by atoms with Gasteiger partial charge in [-0.05, 0) is 112 Å². The normalized spacial score (nSPS) is 19.1. The van der Waals surface area contributed by atoms with Crippen LogP contribution >= 0.6 is 23.5 Å². The molecule has 0 atom stereocenters. The molecule has 0 spiro atoms. The molecule has 3 amide bonds. The van der Waals surface area contributed by atoms with Crippen LogP contribution in [-0.4, -0.2) is 63.4 Å². The summed E-state index contributed by atoms with van der Waals surface area (Å²) >= 11 is 3.11. The number of ether oxygens (including phenoxy) is 2. The van der Waals surface area contributed by atoms with Gasteiger partial charge in [-0.1, -0.05) is 12.1 Å². The van der Waals surface area contributed by atoms with Gasteiger partial charge in [0.25, 0.3) is 11.8 Å². The van der Waals surface area contributed by atoms with E-state index in [-0.39, 0.29) is 52.7 Å². The monoisotopic (exact) mass is 807 g/mol. The van der Waals surface area contributed by atoms with Gasteiger partial charge in [0.1, 0.15) is 34.3 Å². The molecule has 0 bridgehead atoms. The van der Waals surface area contributed by atoms with Crippen LogP contribution in [0.15, 0.2) is 82.8 Å². The maximum Gasteiger partial charge on any atom is 0.306 e. The average molecular weight is 808 g/mol. The number of aromatic nitrogens is 2. The van der Waals surface area contributed by atoms with Gasteiger partial charge in [-0.25, -0.2) is 18.7 Å². The zero-order chi connectivity index (χ0) is 40.2.